The Morgan fingerprint density at radius 2 is 1.35 bits per heavy atom. The number of nitrogens with zero attached hydrogens (tertiary/aromatic N) is 4. The molecule has 0 radical (unpaired) electrons. The van der Waals surface area contributed by atoms with Gasteiger partial charge in [0.1, 0.15) is 13.1 Å². The van der Waals surface area contributed by atoms with Gasteiger partial charge in [0.15, 0.2) is 11.6 Å². The minimum absolute atomic E-state index is 0.0247. The van der Waals surface area contributed by atoms with Crippen molar-refractivity contribution in [3.8, 4) is 11.6 Å². The fraction of sp³-hybridized carbons (Fsp3) is 0.333. The van der Waals surface area contributed by atoms with E-state index in [1.165, 1.54) is 14.2 Å². The monoisotopic (exact) mass is 278 g/mol. The Bertz CT molecular complexity index is 562. The van der Waals surface area contributed by atoms with Crippen molar-refractivity contribution in [3.63, 3.8) is 0 Å². The van der Waals surface area contributed by atoms with Crippen molar-refractivity contribution in [1.29, 1.82) is 0 Å². The van der Waals surface area contributed by atoms with E-state index in [1.807, 2.05) is 0 Å². The predicted octanol–water partition coefficient (Wildman–Crippen LogP) is 0.0926. The number of rotatable bonds is 5. The number of hydrogen-bond donors (Lipinski definition) is 0. The highest BCUT2D eigenvalue weighted by Gasteiger charge is 2.16. The molecule has 2 rings (SSSR count). The molecule has 0 aliphatic rings. The van der Waals surface area contributed by atoms with Gasteiger partial charge in [0.2, 0.25) is 0 Å². The van der Waals surface area contributed by atoms with Crippen LogP contribution in [0.5, 0.6) is 0 Å². The molecule has 0 amide bonds. The highest BCUT2D eigenvalue weighted by atomic mass is 16.5. The van der Waals surface area contributed by atoms with Crippen LogP contribution in [-0.4, -0.2) is 45.3 Å². The molecule has 0 saturated heterocycles. The van der Waals surface area contributed by atoms with Gasteiger partial charge >= 0.3 is 11.9 Å². The van der Waals surface area contributed by atoms with Crippen molar-refractivity contribution in [2.75, 3.05) is 14.2 Å². The quantitative estimate of drug-likeness (QED) is 0.720. The van der Waals surface area contributed by atoms with Crippen molar-refractivity contribution in [1.82, 2.24) is 19.1 Å². The standard InChI is InChI=1S/C12H14N4O4/c1-19-9(17)7-15-5-3-13-11(15)12-14-4-6-16(12)8-10(18)20-2/h3-6H,7-8H2,1-2H3. The van der Waals surface area contributed by atoms with Crippen LogP contribution in [0.15, 0.2) is 24.8 Å². The highest BCUT2D eigenvalue weighted by molar-refractivity contribution is 5.71. The minimum atomic E-state index is -0.393. The van der Waals surface area contributed by atoms with Crippen LogP contribution in [0, 0.1) is 0 Å². The maximum Gasteiger partial charge on any atom is 0.325 e. The molecule has 0 N–H and O–H groups in total. The van der Waals surface area contributed by atoms with E-state index in [2.05, 4.69) is 19.4 Å². The minimum Gasteiger partial charge on any atom is -0.468 e. The van der Waals surface area contributed by atoms with Gasteiger partial charge in [-0.1, -0.05) is 0 Å². The first kappa shape index (κ1) is 13.8. The molecular formula is C12H14N4O4. The van der Waals surface area contributed by atoms with E-state index < -0.39 is 11.9 Å². The van der Waals surface area contributed by atoms with Gasteiger partial charge < -0.3 is 18.6 Å². The van der Waals surface area contributed by atoms with Gasteiger partial charge in [-0.2, -0.15) is 0 Å². The van der Waals surface area contributed by atoms with Gasteiger partial charge in [0.25, 0.3) is 0 Å². The number of hydrogen-bond acceptors (Lipinski definition) is 6. The van der Waals surface area contributed by atoms with Crippen molar-refractivity contribution < 1.29 is 19.1 Å². The summed E-state index contributed by atoms with van der Waals surface area (Å²) < 4.78 is 12.4. The molecule has 2 aromatic rings. The maximum atomic E-state index is 11.3. The molecule has 106 valence electrons. The first-order valence-electron chi connectivity index (χ1n) is 5.82. The van der Waals surface area contributed by atoms with Crippen LogP contribution in [0.1, 0.15) is 0 Å². The van der Waals surface area contributed by atoms with Gasteiger partial charge in [-0.3, -0.25) is 9.59 Å². The average Bonchev–Trinajstić information content (AvgIpc) is 3.07. The largest absolute Gasteiger partial charge is 0.468 e. The summed E-state index contributed by atoms with van der Waals surface area (Å²) in [5, 5.41) is 0. The van der Waals surface area contributed by atoms with E-state index in [1.54, 1.807) is 33.9 Å². The molecule has 0 fully saturated rings. The van der Waals surface area contributed by atoms with Crippen LogP contribution < -0.4 is 0 Å². The molecule has 0 spiro atoms. The van der Waals surface area contributed by atoms with Gasteiger partial charge in [-0.25, -0.2) is 9.97 Å². The SMILES string of the molecule is COC(=O)Cn1ccnc1-c1nccn1CC(=O)OC. The lowest BCUT2D eigenvalue weighted by atomic mass is 10.5. The second kappa shape index (κ2) is 6.00. The average molecular weight is 278 g/mol. The molecule has 8 heteroatoms. The molecule has 2 aromatic heterocycles. The summed E-state index contributed by atoms with van der Waals surface area (Å²) in [5.74, 6) is 0.166. The summed E-state index contributed by atoms with van der Waals surface area (Å²) in [5.41, 5.74) is 0. The Hall–Kier alpha value is -2.64. The topological polar surface area (TPSA) is 88.2 Å². The molecule has 20 heavy (non-hydrogen) atoms. The van der Waals surface area contributed by atoms with Crippen molar-refractivity contribution in [3.05, 3.63) is 24.8 Å². The molecule has 0 aliphatic carbocycles. The Labute approximate surface area is 115 Å². The molecule has 0 aliphatic heterocycles. The normalized spacial score (nSPS) is 10.3. The third-order valence-corrected chi connectivity index (χ3v) is 2.69. The number of methoxy groups -OCH3 is 2. The molecule has 0 aromatic carbocycles. The number of carbonyl (C=O) groups is 2. The zero-order valence-electron chi connectivity index (χ0n) is 11.1. The number of carbonyl (C=O) groups excluding carboxylic acids is 2. The van der Waals surface area contributed by atoms with Crippen LogP contribution in [-0.2, 0) is 32.2 Å². The van der Waals surface area contributed by atoms with Crippen LogP contribution in [0.4, 0.5) is 0 Å². The second-order valence-corrected chi connectivity index (χ2v) is 3.91. The van der Waals surface area contributed by atoms with Crippen LogP contribution >= 0.6 is 0 Å². The van der Waals surface area contributed by atoms with Crippen molar-refractivity contribution in [2.24, 2.45) is 0 Å². The summed E-state index contributed by atoms with van der Waals surface area (Å²) in [6.07, 6.45) is 6.39. The Kier molecular flexibility index (Phi) is 4.14. The smallest absolute Gasteiger partial charge is 0.325 e. The van der Waals surface area contributed by atoms with E-state index in [0.717, 1.165) is 0 Å². The molecule has 0 saturated carbocycles. The number of ether oxygens (including phenoxy) is 2. The Morgan fingerprint density at radius 1 is 0.950 bits per heavy atom. The third-order valence-electron chi connectivity index (χ3n) is 2.69. The Balaban J connectivity index is 2.28. The number of aromatic nitrogens is 4. The molecular weight excluding hydrogens is 264 g/mol. The predicted molar refractivity (Wildman–Crippen MR) is 67.5 cm³/mol. The van der Waals surface area contributed by atoms with E-state index in [9.17, 15) is 9.59 Å². The van der Waals surface area contributed by atoms with Crippen LogP contribution in [0.3, 0.4) is 0 Å². The lowest BCUT2D eigenvalue weighted by molar-refractivity contribution is -0.142. The molecule has 0 bridgehead atoms. The second-order valence-electron chi connectivity index (χ2n) is 3.91. The summed E-state index contributed by atoms with van der Waals surface area (Å²) in [4.78, 5) is 31.0. The van der Waals surface area contributed by atoms with Gasteiger partial charge in [0, 0.05) is 24.8 Å². The first-order chi connectivity index (χ1) is 9.65. The van der Waals surface area contributed by atoms with E-state index in [4.69, 9.17) is 0 Å². The van der Waals surface area contributed by atoms with Crippen LogP contribution in [0.25, 0.3) is 11.6 Å². The molecule has 0 atom stereocenters. The molecule has 2 heterocycles. The van der Waals surface area contributed by atoms with Gasteiger partial charge in [-0.15, -0.1) is 0 Å². The van der Waals surface area contributed by atoms with Gasteiger partial charge in [-0.05, 0) is 0 Å². The van der Waals surface area contributed by atoms with E-state index >= 15 is 0 Å². The lowest BCUT2D eigenvalue weighted by Crippen LogP contribution is -2.15. The van der Waals surface area contributed by atoms with E-state index in [0.29, 0.717) is 11.6 Å². The van der Waals surface area contributed by atoms with Crippen molar-refractivity contribution in [2.45, 2.75) is 13.1 Å². The summed E-state index contributed by atoms with van der Waals surface area (Å²) >= 11 is 0. The summed E-state index contributed by atoms with van der Waals surface area (Å²) in [7, 11) is 2.63. The fourth-order valence-corrected chi connectivity index (χ4v) is 1.69. The van der Waals surface area contributed by atoms with Gasteiger partial charge in [0.05, 0.1) is 14.2 Å². The highest BCUT2D eigenvalue weighted by Crippen LogP contribution is 2.15. The number of esters is 2. The zero-order valence-corrected chi connectivity index (χ0v) is 11.1. The fourth-order valence-electron chi connectivity index (χ4n) is 1.69. The first-order valence-corrected chi connectivity index (χ1v) is 5.82. The molecule has 8 nitrogen and oxygen atoms in total. The number of imidazole rings is 2. The molecule has 0 unspecified atom stereocenters. The Morgan fingerprint density at radius 3 is 1.70 bits per heavy atom. The van der Waals surface area contributed by atoms with Crippen molar-refractivity contribution >= 4 is 11.9 Å². The zero-order chi connectivity index (χ0) is 14.5. The third kappa shape index (κ3) is 2.85. The van der Waals surface area contributed by atoms with Crippen LogP contribution in [0.2, 0.25) is 0 Å². The van der Waals surface area contributed by atoms with E-state index in [-0.39, 0.29) is 13.1 Å². The maximum absolute atomic E-state index is 11.3. The summed E-state index contributed by atoms with van der Waals surface area (Å²) in [6.45, 7) is 0.0494. The summed E-state index contributed by atoms with van der Waals surface area (Å²) in [6, 6.07) is 0. The lowest BCUT2D eigenvalue weighted by Gasteiger charge is -2.08.